The lowest BCUT2D eigenvalue weighted by Gasteiger charge is -2.13. The molecule has 1 atom stereocenters. The Morgan fingerprint density at radius 1 is 1.42 bits per heavy atom. The molecule has 0 aliphatic rings. The van der Waals surface area contributed by atoms with E-state index in [0.717, 1.165) is 5.56 Å². The zero-order valence-electron chi connectivity index (χ0n) is 13.4. The minimum Gasteiger partial charge on any atom is -0.434 e. The smallest absolute Gasteiger partial charge is 0.331 e. The van der Waals surface area contributed by atoms with E-state index in [2.05, 4.69) is 16.9 Å². The van der Waals surface area contributed by atoms with E-state index in [9.17, 15) is 14.9 Å². The summed E-state index contributed by atoms with van der Waals surface area (Å²) in [5, 5.41) is 13.8. The highest BCUT2D eigenvalue weighted by Crippen LogP contribution is 2.30. The van der Waals surface area contributed by atoms with Gasteiger partial charge in [-0.05, 0) is 43.2 Å². The molecule has 1 N–H and O–H groups in total. The van der Waals surface area contributed by atoms with Crippen molar-refractivity contribution in [2.75, 3.05) is 0 Å². The fraction of sp³-hybridized carbons (Fsp3) is 0.176. The molecule has 0 unspecified atom stereocenters. The molecule has 1 heterocycles. The van der Waals surface area contributed by atoms with Gasteiger partial charge in [0.25, 0.3) is 5.88 Å². The summed E-state index contributed by atoms with van der Waals surface area (Å²) in [6, 6.07) is 8.07. The Balaban J connectivity index is 2.16. The van der Waals surface area contributed by atoms with Crippen molar-refractivity contribution in [1.29, 1.82) is 0 Å². The van der Waals surface area contributed by atoms with Crippen LogP contribution in [0.3, 0.4) is 0 Å². The minimum absolute atomic E-state index is 0.0636. The summed E-state index contributed by atoms with van der Waals surface area (Å²) in [4.78, 5) is 25.8. The molecule has 1 amide bonds. The zero-order chi connectivity index (χ0) is 17.7. The van der Waals surface area contributed by atoms with Crippen LogP contribution in [0.15, 0.2) is 49.2 Å². The van der Waals surface area contributed by atoms with Gasteiger partial charge in [0.2, 0.25) is 5.91 Å². The molecule has 0 saturated heterocycles. The van der Waals surface area contributed by atoms with E-state index >= 15 is 0 Å². The monoisotopic (exact) mass is 327 g/mol. The van der Waals surface area contributed by atoms with Gasteiger partial charge in [0, 0.05) is 12.3 Å². The van der Waals surface area contributed by atoms with Crippen LogP contribution >= 0.6 is 0 Å². The van der Waals surface area contributed by atoms with Crippen molar-refractivity contribution in [3.05, 3.63) is 70.4 Å². The molecule has 7 nitrogen and oxygen atoms in total. The number of nitrogens with one attached hydrogen (secondary N) is 1. The van der Waals surface area contributed by atoms with Crippen molar-refractivity contribution in [1.82, 2.24) is 10.3 Å². The highest BCUT2D eigenvalue weighted by molar-refractivity contribution is 5.87. The van der Waals surface area contributed by atoms with Crippen LogP contribution < -0.4 is 10.1 Å². The van der Waals surface area contributed by atoms with E-state index in [0.29, 0.717) is 11.3 Å². The predicted molar refractivity (Wildman–Crippen MR) is 88.9 cm³/mol. The van der Waals surface area contributed by atoms with Crippen molar-refractivity contribution in [3.63, 3.8) is 0 Å². The van der Waals surface area contributed by atoms with E-state index in [1.165, 1.54) is 18.3 Å². The first-order chi connectivity index (χ1) is 11.4. The first kappa shape index (κ1) is 17.1. The number of hydrogen-bond donors (Lipinski definition) is 1. The Morgan fingerprint density at radius 3 is 2.67 bits per heavy atom. The van der Waals surface area contributed by atoms with Gasteiger partial charge in [-0.25, -0.2) is 4.98 Å². The van der Waals surface area contributed by atoms with Crippen molar-refractivity contribution >= 4 is 11.6 Å². The first-order valence-corrected chi connectivity index (χ1v) is 7.22. The summed E-state index contributed by atoms with van der Waals surface area (Å²) in [7, 11) is 0. The summed E-state index contributed by atoms with van der Waals surface area (Å²) in [6.07, 6.45) is 2.71. The molecular weight excluding hydrogens is 310 g/mol. The van der Waals surface area contributed by atoms with Crippen LogP contribution in [-0.4, -0.2) is 15.8 Å². The summed E-state index contributed by atoms with van der Waals surface area (Å²) in [6.45, 7) is 6.96. The summed E-state index contributed by atoms with van der Waals surface area (Å²) < 4.78 is 5.51. The Bertz CT molecular complexity index is 772. The second kappa shape index (κ2) is 7.36. The van der Waals surface area contributed by atoms with Gasteiger partial charge in [0.1, 0.15) is 5.75 Å². The first-order valence-electron chi connectivity index (χ1n) is 7.22. The van der Waals surface area contributed by atoms with Crippen molar-refractivity contribution in [3.8, 4) is 11.6 Å². The molecule has 0 bridgehead atoms. The van der Waals surface area contributed by atoms with Gasteiger partial charge in [-0.2, -0.15) is 0 Å². The number of carbonyl (C=O) groups is 1. The topological polar surface area (TPSA) is 94.4 Å². The van der Waals surface area contributed by atoms with Gasteiger partial charge in [0.15, 0.2) is 0 Å². The van der Waals surface area contributed by atoms with Crippen LogP contribution in [0.25, 0.3) is 0 Å². The molecule has 24 heavy (non-hydrogen) atoms. The lowest BCUT2D eigenvalue weighted by molar-refractivity contribution is -0.386. The molecule has 1 aromatic carbocycles. The number of ether oxygens (including phenoxy) is 1. The molecule has 1 aromatic heterocycles. The number of nitrogens with zero attached hydrogens (tertiary/aromatic N) is 2. The third-order valence-electron chi connectivity index (χ3n) is 3.30. The maximum Gasteiger partial charge on any atom is 0.331 e. The maximum absolute atomic E-state index is 11.3. The number of pyridine rings is 1. The second-order valence-corrected chi connectivity index (χ2v) is 5.20. The van der Waals surface area contributed by atoms with E-state index in [1.54, 1.807) is 31.2 Å². The third-order valence-corrected chi connectivity index (χ3v) is 3.30. The average molecular weight is 327 g/mol. The molecule has 0 fully saturated rings. The quantitative estimate of drug-likeness (QED) is 0.498. The summed E-state index contributed by atoms with van der Waals surface area (Å²) >= 11 is 0. The van der Waals surface area contributed by atoms with Crippen molar-refractivity contribution < 1.29 is 14.5 Å². The number of hydrogen-bond acceptors (Lipinski definition) is 5. The normalized spacial score (nSPS) is 11.4. The van der Waals surface area contributed by atoms with E-state index in [1.807, 2.05) is 6.92 Å². The van der Waals surface area contributed by atoms with Crippen LogP contribution in [0.5, 0.6) is 11.6 Å². The highest BCUT2D eigenvalue weighted by atomic mass is 16.6. The Morgan fingerprint density at radius 2 is 2.08 bits per heavy atom. The molecule has 124 valence electrons. The molecule has 7 heteroatoms. The number of rotatable bonds is 6. The van der Waals surface area contributed by atoms with Gasteiger partial charge in [-0.1, -0.05) is 18.7 Å². The number of aromatic nitrogens is 1. The van der Waals surface area contributed by atoms with E-state index in [-0.39, 0.29) is 23.5 Å². The van der Waals surface area contributed by atoms with Crippen molar-refractivity contribution in [2.24, 2.45) is 0 Å². The van der Waals surface area contributed by atoms with Gasteiger partial charge in [0.05, 0.1) is 11.0 Å². The molecule has 0 radical (unpaired) electrons. The van der Waals surface area contributed by atoms with Crippen molar-refractivity contribution in [2.45, 2.75) is 19.9 Å². The SMILES string of the molecule is C=CC(=O)N[C@H](C)c1ccc(Oc2ncc(C)cc2[N+](=O)[O-])cc1. The van der Waals surface area contributed by atoms with Gasteiger partial charge in [-0.3, -0.25) is 14.9 Å². The Hall–Kier alpha value is -3.22. The summed E-state index contributed by atoms with van der Waals surface area (Å²) in [5.74, 6) is 0.0918. The Kier molecular flexibility index (Phi) is 5.26. The third kappa shape index (κ3) is 4.16. The van der Waals surface area contributed by atoms with Gasteiger partial charge in [-0.15, -0.1) is 0 Å². The molecule has 0 aliphatic heterocycles. The standard InChI is InChI=1S/C17H17N3O4/c1-4-16(21)19-12(3)13-5-7-14(8-6-13)24-17-15(20(22)23)9-11(2)10-18-17/h4-10,12H,1H2,2-3H3,(H,19,21)/t12-/m1/s1. The number of nitro groups is 1. The molecule has 0 aliphatic carbocycles. The minimum atomic E-state index is -0.531. The van der Waals surface area contributed by atoms with E-state index in [4.69, 9.17) is 4.74 Å². The van der Waals surface area contributed by atoms with Crippen LogP contribution in [-0.2, 0) is 4.79 Å². The zero-order valence-corrected chi connectivity index (χ0v) is 13.4. The van der Waals surface area contributed by atoms with Crippen LogP contribution in [0, 0.1) is 17.0 Å². The van der Waals surface area contributed by atoms with E-state index < -0.39 is 4.92 Å². The second-order valence-electron chi connectivity index (χ2n) is 5.20. The number of benzene rings is 1. The maximum atomic E-state index is 11.3. The molecule has 0 saturated carbocycles. The largest absolute Gasteiger partial charge is 0.434 e. The van der Waals surface area contributed by atoms with Crippen LogP contribution in [0.1, 0.15) is 24.1 Å². The number of aryl methyl sites for hydroxylation is 1. The predicted octanol–water partition coefficient (Wildman–Crippen LogP) is 3.45. The number of carbonyl (C=O) groups excluding carboxylic acids is 1. The average Bonchev–Trinajstić information content (AvgIpc) is 2.56. The molecule has 2 aromatic rings. The molecular formula is C17H17N3O4. The fourth-order valence-corrected chi connectivity index (χ4v) is 2.04. The van der Waals surface area contributed by atoms with Gasteiger partial charge >= 0.3 is 5.69 Å². The number of amides is 1. The molecule has 0 spiro atoms. The molecule has 2 rings (SSSR count). The summed E-state index contributed by atoms with van der Waals surface area (Å²) in [5.41, 5.74) is 1.35. The highest BCUT2D eigenvalue weighted by Gasteiger charge is 2.18. The lowest BCUT2D eigenvalue weighted by Crippen LogP contribution is -2.24. The fourth-order valence-electron chi connectivity index (χ4n) is 2.04. The van der Waals surface area contributed by atoms with Gasteiger partial charge < -0.3 is 10.1 Å². The van der Waals surface area contributed by atoms with Crippen LogP contribution in [0.2, 0.25) is 0 Å². The Labute approximate surface area is 139 Å². The lowest BCUT2D eigenvalue weighted by atomic mass is 10.1. The van der Waals surface area contributed by atoms with Crippen LogP contribution in [0.4, 0.5) is 5.69 Å².